The van der Waals surface area contributed by atoms with E-state index in [1.165, 1.54) is 11.3 Å². The molecule has 3 nitrogen and oxygen atoms in total. The quantitative estimate of drug-likeness (QED) is 0.475. The number of hydrogen-bond acceptors (Lipinski definition) is 2. The van der Waals surface area contributed by atoms with E-state index in [4.69, 9.17) is 4.98 Å². The Labute approximate surface area is 158 Å². The fraction of sp³-hybridized carbons (Fsp3) is 0.174. The molecule has 0 radical (unpaired) electrons. The first-order chi connectivity index (χ1) is 13.2. The van der Waals surface area contributed by atoms with E-state index in [0.29, 0.717) is 6.54 Å². The summed E-state index contributed by atoms with van der Waals surface area (Å²) in [4.78, 5) is 6.83. The largest absolute Gasteiger partial charge is 0.378 e. The molecule has 0 N–H and O–H groups in total. The number of aryl methyl sites for hydroxylation is 1. The van der Waals surface area contributed by atoms with Crippen molar-refractivity contribution >= 4 is 16.7 Å². The molecule has 1 heterocycles. The highest BCUT2D eigenvalue weighted by Crippen LogP contribution is 2.29. The average Bonchev–Trinajstić information content (AvgIpc) is 3.07. The van der Waals surface area contributed by atoms with Crippen LogP contribution in [0.4, 0.5) is 10.1 Å². The minimum atomic E-state index is -0.414. The Kier molecular flexibility index (Phi) is 4.63. The Balaban J connectivity index is 1.74. The highest BCUT2D eigenvalue weighted by atomic mass is 19.1. The van der Waals surface area contributed by atoms with E-state index in [1.54, 1.807) is 0 Å². The summed E-state index contributed by atoms with van der Waals surface area (Å²) in [7, 11) is 4.08. The summed E-state index contributed by atoms with van der Waals surface area (Å²) in [5, 5.41) is 0. The van der Waals surface area contributed by atoms with E-state index in [1.807, 2.05) is 42.9 Å². The molecule has 27 heavy (non-hydrogen) atoms. The molecule has 0 saturated heterocycles. The maximum atomic E-state index is 13.1. The van der Waals surface area contributed by atoms with Crippen molar-refractivity contribution < 1.29 is 4.39 Å². The van der Waals surface area contributed by atoms with Crippen molar-refractivity contribution in [1.29, 1.82) is 0 Å². The van der Waals surface area contributed by atoms with Gasteiger partial charge in [-0.15, -0.1) is 0 Å². The molecular formula is C23H22FN3. The molecule has 4 rings (SSSR count). The highest BCUT2D eigenvalue weighted by molar-refractivity contribution is 5.81. The van der Waals surface area contributed by atoms with Gasteiger partial charge < -0.3 is 9.47 Å². The highest BCUT2D eigenvalue weighted by Gasteiger charge is 2.12. The summed E-state index contributed by atoms with van der Waals surface area (Å²) in [5.74, 6) is 0.808. The van der Waals surface area contributed by atoms with Crippen LogP contribution < -0.4 is 4.90 Å². The van der Waals surface area contributed by atoms with Gasteiger partial charge in [0.15, 0.2) is 0 Å². The maximum absolute atomic E-state index is 13.1. The van der Waals surface area contributed by atoms with Crippen LogP contribution in [0.2, 0.25) is 0 Å². The van der Waals surface area contributed by atoms with Crippen molar-refractivity contribution in [1.82, 2.24) is 9.55 Å². The molecule has 4 heteroatoms. The Morgan fingerprint density at radius 2 is 1.59 bits per heavy atom. The van der Waals surface area contributed by atoms with E-state index >= 15 is 0 Å². The summed E-state index contributed by atoms with van der Waals surface area (Å²) < 4.78 is 15.1. The van der Waals surface area contributed by atoms with Crippen LogP contribution in [0.1, 0.15) is 0 Å². The van der Waals surface area contributed by atoms with E-state index in [0.717, 1.165) is 28.0 Å². The van der Waals surface area contributed by atoms with E-state index in [9.17, 15) is 4.39 Å². The zero-order valence-electron chi connectivity index (χ0n) is 15.6. The summed E-state index contributed by atoms with van der Waals surface area (Å²) in [6.07, 6.45) is 0. The van der Waals surface area contributed by atoms with Gasteiger partial charge in [-0.3, -0.25) is 0 Å². The van der Waals surface area contributed by atoms with Crippen molar-refractivity contribution in [2.24, 2.45) is 0 Å². The van der Waals surface area contributed by atoms with Crippen molar-refractivity contribution in [3.05, 3.63) is 72.8 Å². The van der Waals surface area contributed by atoms with Crippen molar-refractivity contribution in [2.75, 3.05) is 25.7 Å². The van der Waals surface area contributed by atoms with Crippen LogP contribution in [-0.4, -0.2) is 30.3 Å². The smallest absolute Gasteiger partial charge is 0.141 e. The van der Waals surface area contributed by atoms with Gasteiger partial charge in [-0.25, -0.2) is 9.37 Å². The van der Waals surface area contributed by atoms with Crippen molar-refractivity contribution in [3.8, 4) is 22.5 Å². The number of fused-ring (bicyclic) bond motifs is 1. The van der Waals surface area contributed by atoms with Crippen LogP contribution in [0.5, 0.6) is 0 Å². The predicted molar refractivity (Wildman–Crippen MR) is 111 cm³/mol. The third-order valence-electron chi connectivity index (χ3n) is 4.80. The van der Waals surface area contributed by atoms with Crippen LogP contribution in [0.15, 0.2) is 72.8 Å². The Morgan fingerprint density at radius 1 is 0.852 bits per heavy atom. The Bertz CT molecular complexity index is 1060. The molecule has 0 fully saturated rings. The fourth-order valence-electron chi connectivity index (χ4n) is 3.38. The van der Waals surface area contributed by atoms with Gasteiger partial charge in [0.2, 0.25) is 0 Å². The monoisotopic (exact) mass is 359 g/mol. The van der Waals surface area contributed by atoms with E-state index < -0.39 is 6.67 Å². The van der Waals surface area contributed by atoms with Crippen LogP contribution in [0.3, 0.4) is 0 Å². The van der Waals surface area contributed by atoms with Crippen LogP contribution in [0.25, 0.3) is 33.5 Å². The second-order valence-corrected chi connectivity index (χ2v) is 6.79. The molecule has 136 valence electrons. The minimum Gasteiger partial charge on any atom is -0.378 e. The lowest BCUT2D eigenvalue weighted by Crippen LogP contribution is -2.08. The number of anilines is 1. The number of aromatic nitrogens is 2. The fourth-order valence-corrected chi connectivity index (χ4v) is 3.38. The van der Waals surface area contributed by atoms with Gasteiger partial charge in [0.05, 0.1) is 17.6 Å². The first-order valence-corrected chi connectivity index (χ1v) is 9.07. The first-order valence-electron chi connectivity index (χ1n) is 9.07. The van der Waals surface area contributed by atoms with Gasteiger partial charge in [-0.1, -0.05) is 48.5 Å². The lowest BCUT2D eigenvalue weighted by atomic mass is 10.0. The van der Waals surface area contributed by atoms with E-state index in [-0.39, 0.29) is 0 Å². The summed E-state index contributed by atoms with van der Waals surface area (Å²) >= 11 is 0. The van der Waals surface area contributed by atoms with Gasteiger partial charge in [0.25, 0.3) is 0 Å². The van der Waals surface area contributed by atoms with Gasteiger partial charge in [-0.05, 0) is 35.4 Å². The van der Waals surface area contributed by atoms with Crippen LogP contribution >= 0.6 is 0 Å². The second-order valence-electron chi connectivity index (χ2n) is 6.79. The minimum absolute atomic E-state index is 0.308. The molecule has 0 unspecified atom stereocenters. The molecule has 0 amide bonds. The topological polar surface area (TPSA) is 21.1 Å². The molecule has 3 aromatic carbocycles. The third kappa shape index (κ3) is 3.31. The maximum Gasteiger partial charge on any atom is 0.141 e. The number of nitrogens with zero attached hydrogens (tertiary/aromatic N) is 3. The number of halogens is 1. The molecular weight excluding hydrogens is 337 g/mol. The van der Waals surface area contributed by atoms with Gasteiger partial charge in [-0.2, -0.15) is 0 Å². The number of imidazole rings is 1. The third-order valence-corrected chi connectivity index (χ3v) is 4.80. The molecule has 1 aromatic heterocycles. The Hall–Kier alpha value is -3.14. The molecule has 0 atom stereocenters. The van der Waals surface area contributed by atoms with Gasteiger partial charge >= 0.3 is 0 Å². The van der Waals surface area contributed by atoms with Gasteiger partial charge in [0.1, 0.15) is 12.5 Å². The molecule has 0 aliphatic carbocycles. The SMILES string of the molecule is CN(C)c1cccc(-c2ccc(-c3nc4ccccc4n3CCF)cc2)c1. The van der Waals surface area contributed by atoms with Gasteiger partial charge in [0, 0.05) is 25.3 Å². The van der Waals surface area contributed by atoms with Crippen molar-refractivity contribution in [2.45, 2.75) is 6.54 Å². The normalized spacial score (nSPS) is 11.1. The van der Waals surface area contributed by atoms with E-state index in [2.05, 4.69) is 53.4 Å². The molecule has 4 aromatic rings. The lowest BCUT2D eigenvalue weighted by molar-refractivity contribution is 0.451. The molecule has 0 aliphatic rings. The molecule has 0 aliphatic heterocycles. The number of hydrogen-bond donors (Lipinski definition) is 0. The zero-order valence-corrected chi connectivity index (χ0v) is 15.6. The summed E-state index contributed by atoms with van der Waals surface area (Å²) in [6, 6.07) is 24.7. The van der Waals surface area contributed by atoms with Crippen LogP contribution in [-0.2, 0) is 6.54 Å². The lowest BCUT2D eigenvalue weighted by Gasteiger charge is -2.14. The standard InChI is InChI=1S/C23H22FN3/c1-26(2)20-7-5-6-19(16-20)17-10-12-18(13-11-17)23-25-21-8-3-4-9-22(21)27(23)15-14-24/h3-13,16H,14-15H2,1-2H3. The van der Waals surface area contributed by atoms with Crippen molar-refractivity contribution in [3.63, 3.8) is 0 Å². The molecule has 0 saturated carbocycles. The number of alkyl halides is 1. The van der Waals surface area contributed by atoms with Crippen LogP contribution in [0, 0.1) is 0 Å². The first kappa shape index (κ1) is 17.3. The number of rotatable bonds is 5. The number of para-hydroxylation sites is 2. The predicted octanol–water partition coefficient (Wildman–Crippen LogP) is 5.41. The summed E-state index contributed by atoms with van der Waals surface area (Å²) in [5.41, 5.74) is 6.34. The average molecular weight is 359 g/mol. The zero-order chi connectivity index (χ0) is 18.8. The summed E-state index contributed by atoms with van der Waals surface area (Å²) in [6.45, 7) is -0.106. The number of benzene rings is 3. The Morgan fingerprint density at radius 3 is 2.33 bits per heavy atom. The second kappa shape index (κ2) is 7.23. The molecule has 0 spiro atoms. The molecule has 0 bridgehead atoms.